The number of H-pyrrole nitrogens is 1. The average Bonchev–Trinajstić information content (AvgIpc) is 3.34. The van der Waals surface area contributed by atoms with Crippen LogP contribution < -0.4 is 4.74 Å². The van der Waals surface area contributed by atoms with Crippen molar-refractivity contribution >= 4 is 34.2 Å². The standard InChI is InChI=1S/C25H22N6O2/c1-7-15-16(9-10-26-18(15)8-2)22-21-23-19(29-24(21)28-14(5)27-22)11-17(25(30-23)32-6)20-12(3)31-33-13(20)4/h7-11H,1-2H2,3-6H3,(H,27,28,29). The average molecular weight is 438 g/mol. The zero-order chi connectivity index (χ0) is 23.3. The maximum atomic E-state index is 5.68. The maximum Gasteiger partial charge on any atom is 0.221 e. The molecule has 8 heteroatoms. The predicted octanol–water partition coefficient (Wildman–Crippen LogP) is 5.44. The van der Waals surface area contributed by atoms with Crippen LogP contribution in [0.2, 0.25) is 0 Å². The number of pyridine rings is 2. The molecule has 5 heterocycles. The molecule has 5 aromatic heterocycles. The zero-order valence-corrected chi connectivity index (χ0v) is 18.9. The van der Waals surface area contributed by atoms with Crippen LogP contribution in [0.25, 0.3) is 56.6 Å². The van der Waals surface area contributed by atoms with Crippen molar-refractivity contribution in [3.05, 3.63) is 60.0 Å². The van der Waals surface area contributed by atoms with E-state index in [2.05, 4.69) is 33.3 Å². The highest BCUT2D eigenvalue weighted by Gasteiger charge is 2.23. The summed E-state index contributed by atoms with van der Waals surface area (Å²) in [7, 11) is 1.60. The van der Waals surface area contributed by atoms with E-state index in [-0.39, 0.29) is 0 Å². The van der Waals surface area contributed by atoms with Crippen molar-refractivity contribution in [1.82, 2.24) is 30.1 Å². The first kappa shape index (κ1) is 20.6. The van der Waals surface area contributed by atoms with Crippen molar-refractivity contribution in [1.29, 1.82) is 0 Å². The summed E-state index contributed by atoms with van der Waals surface area (Å²) in [6, 6.07) is 3.91. The van der Waals surface area contributed by atoms with Crippen molar-refractivity contribution in [2.45, 2.75) is 20.8 Å². The molecule has 1 N–H and O–H groups in total. The first-order valence-electron chi connectivity index (χ1n) is 10.4. The lowest BCUT2D eigenvalue weighted by molar-refractivity contribution is 0.392. The molecule has 5 rings (SSSR count). The summed E-state index contributed by atoms with van der Waals surface area (Å²) in [5.74, 6) is 1.80. The van der Waals surface area contributed by atoms with Gasteiger partial charge in [-0.05, 0) is 39.0 Å². The van der Waals surface area contributed by atoms with E-state index in [4.69, 9.17) is 19.2 Å². The van der Waals surface area contributed by atoms with Gasteiger partial charge >= 0.3 is 0 Å². The monoisotopic (exact) mass is 438 g/mol. The molecule has 0 bridgehead atoms. The molecular formula is C25H22N6O2. The molecule has 0 aromatic carbocycles. The van der Waals surface area contributed by atoms with Crippen molar-refractivity contribution in [3.8, 4) is 28.3 Å². The Morgan fingerprint density at radius 2 is 1.88 bits per heavy atom. The number of methoxy groups -OCH3 is 1. The molecule has 0 atom stereocenters. The largest absolute Gasteiger partial charge is 0.481 e. The molecule has 33 heavy (non-hydrogen) atoms. The van der Waals surface area contributed by atoms with E-state index in [1.54, 1.807) is 25.5 Å². The highest BCUT2D eigenvalue weighted by molar-refractivity contribution is 6.11. The number of hydrogen-bond acceptors (Lipinski definition) is 7. The molecule has 0 aliphatic rings. The van der Waals surface area contributed by atoms with Gasteiger partial charge in [-0.1, -0.05) is 24.4 Å². The lowest BCUT2D eigenvalue weighted by Gasteiger charge is -2.11. The van der Waals surface area contributed by atoms with E-state index >= 15 is 0 Å². The fourth-order valence-corrected chi connectivity index (χ4v) is 4.27. The number of ether oxygens (including phenoxy) is 1. The van der Waals surface area contributed by atoms with Crippen LogP contribution >= 0.6 is 0 Å². The highest BCUT2D eigenvalue weighted by atomic mass is 16.5. The lowest BCUT2D eigenvalue weighted by atomic mass is 10.0. The SMILES string of the molecule is C=Cc1nccc(-c2nc(C)nc3[nH]c4cc(-c5c(C)noc5C)c(OC)nc4c23)c1C=C. The van der Waals surface area contributed by atoms with Crippen LogP contribution in [0.3, 0.4) is 0 Å². The van der Waals surface area contributed by atoms with Gasteiger partial charge in [0, 0.05) is 17.3 Å². The number of hydrogen-bond donors (Lipinski definition) is 1. The fraction of sp³-hybridized carbons (Fsp3) is 0.160. The number of rotatable bonds is 5. The van der Waals surface area contributed by atoms with Crippen LogP contribution in [0.15, 0.2) is 36.0 Å². The molecule has 0 aliphatic carbocycles. The molecule has 164 valence electrons. The van der Waals surface area contributed by atoms with Gasteiger partial charge in [0.05, 0.1) is 46.2 Å². The molecule has 0 saturated heterocycles. The van der Waals surface area contributed by atoms with Crippen molar-refractivity contribution < 1.29 is 9.26 Å². The van der Waals surface area contributed by atoms with Gasteiger partial charge in [0.2, 0.25) is 5.88 Å². The third kappa shape index (κ3) is 3.10. The minimum Gasteiger partial charge on any atom is -0.481 e. The topological polar surface area (TPSA) is 103 Å². The fourth-order valence-electron chi connectivity index (χ4n) is 4.27. The highest BCUT2D eigenvalue weighted by Crippen LogP contribution is 2.40. The van der Waals surface area contributed by atoms with Gasteiger partial charge in [-0.15, -0.1) is 0 Å². The quantitative estimate of drug-likeness (QED) is 0.389. The summed E-state index contributed by atoms with van der Waals surface area (Å²) >= 11 is 0. The number of aryl methyl sites for hydroxylation is 3. The van der Waals surface area contributed by atoms with Crippen LogP contribution in [-0.4, -0.2) is 37.2 Å². The molecule has 8 nitrogen and oxygen atoms in total. The summed E-state index contributed by atoms with van der Waals surface area (Å²) < 4.78 is 11.1. The third-order valence-electron chi connectivity index (χ3n) is 5.67. The predicted molar refractivity (Wildman–Crippen MR) is 129 cm³/mol. The Labute approximate surface area is 190 Å². The Kier molecular flexibility index (Phi) is 4.78. The number of nitrogens with one attached hydrogen (secondary N) is 1. The minimum absolute atomic E-state index is 0.467. The molecule has 0 unspecified atom stereocenters. The Morgan fingerprint density at radius 3 is 2.55 bits per heavy atom. The van der Waals surface area contributed by atoms with Crippen molar-refractivity contribution in [3.63, 3.8) is 0 Å². The van der Waals surface area contributed by atoms with Gasteiger partial charge in [-0.3, -0.25) is 4.98 Å². The number of aromatic amines is 1. The third-order valence-corrected chi connectivity index (χ3v) is 5.67. The van der Waals surface area contributed by atoms with E-state index < -0.39 is 0 Å². The van der Waals surface area contributed by atoms with Gasteiger partial charge in [0.25, 0.3) is 0 Å². The van der Waals surface area contributed by atoms with Gasteiger partial charge in [0.15, 0.2) is 0 Å². The molecule has 0 radical (unpaired) electrons. The second-order valence-corrected chi connectivity index (χ2v) is 7.67. The second-order valence-electron chi connectivity index (χ2n) is 7.67. The minimum atomic E-state index is 0.467. The molecule has 0 spiro atoms. The number of fused-ring (bicyclic) bond motifs is 3. The number of aromatic nitrogens is 6. The molecule has 0 amide bonds. The summed E-state index contributed by atoms with van der Waals surface area (Å²) in [4.78, 5) is 22.1. The lowest BCUT2D eigenvalue weighted by Crippen LogP contribution is -1.98. The Morgan fingerprint density at radius 1 is 1.06 bits per heavy atom. The molecule has 5 aromatic rings. The van der Waals surface area contributed by atoms with Gasteiger partial charge in [-0.25, -0.2) is 15.0 Å². The normalized spacial score (nSPS) is 11.3. The molecular weight excluding hydrogens is 416 g/mol. The van der Waals surface area contributed by atoms with Crippen LogP contribution in [-0.2, 0) is 0 Å². The smallest absolute Gasteiger partial charge is 0.221 e. The number of nitrogens with zero attached hydrogens (tertiary/aromatic N) is 5. The first-order chi connectivity index (χ1) is 16.0. The van der Waals surface area contributed by atoms with Crippen molar-refractivity contribution in [2.75, 3.05) is 7.11 Å². The Hall–Kier alpha value is -4.33. The van der Waals surface area contributed by atoms with Gasteiger partial charge in [0.1, 0.15) is 22.7 Å². The summed E-state index contributed by atoms with van der Waals surface area (Å²) in [6.45, 7) is 13.5. The van der Waals surface area contributed by atoms with Gasteiger partial charge in [-0.2, -0.15) is 0 Å². The summed E-state index contributed by atoms with van der Waals surface area (Å²) in [6.07, 6.45) is 5.21. The Balaban J connectivity index is 1.88. The van der Waals surface area contributed by atoms with Crippen LogP contribution in [0.1, 0.15) is 28.5 Å². The van der Waals surface area contributed by atoms with E-state index in [0.717, 1.165) is 50.2 Å². The summed E-state index contributed by atoms with van der Waals surface area (Å²) in [5.41, 5.74) is 7.82. The molecule has 0 saturated carbocycles. The van der Waals surface area contributed by atoms with Crippen LogP contribution in [0.4, 0.5) is 0 Å². The first-order valence-corrected chi connectivity index (χ1v) is 10.4. The van der Waals surface area contributed by atoms with Gasteiger partial charge < -0.3 is 14.2 Å². The van der Waals surface area contributed by atoms with E-state index in [9.17, 15) is 0 Å². The zero-order valence-electron chi connectivity index (χ0n) is 18.9. The Bertz CT molecular complexity index is 1560. The van der Waals surface area contributed by atoms with Crippen LogP contribution in [0, 0.1) is 20.8 Å². The van der Waals surface area contributed by atoms with Crippen molar-refractivity contribution in [2.24, 2.45) is 0 Å². The van der Waals surface area contributed by atoms with E-state index in [1.165, 1.54) is 0 Å². The van der Waals surface area contributed by atoms with E-state index in [1.807, 2.05) is 32.9 Å². The van der Waals surface area contributed by atoms with E-state index in [0.29, 0.717) is 28.6 Å². The maximum absolute atomic E-state index is 5.68. The molecule has 0 aliphatic heterocycles. The summed E-state index contributed by atoms with van der Waals surface area (Å²) in [5, 5.41) is 4.87. The second kappa shape index (κ2) is 7.67. The molecule has 0 fully saturated rings. The van der Waals surface area contributed by atoms with Crippen LogP contribution in [0.5, 0.6) is 5.88 Å².